The highest BCUT2D eigenvalue weighted by Gasteiger charge is 2.53. The van der Waals surface area contributed by atoms with Crippen LogP contribution in [0.4, 0.5) is 0 Å². The van der Waals surface area contributed by atoms with Crippen molar-refractivity contribution < 1.29 is 54.1 Å². The van der Waals surface area contributed by atoms with Gasteiger partial charge in [-0.05, 0) is 33.8 Å². The van der Waals surface area contributed by atoms with Crippen LogP contribution in [0, 0.1) is 30.6 Å². The number of methoxy groups -OCH3 is 1. The second kappa shape index (κ2) is 14.8. The number of ketones is 2. The first kappa shape index (κ1) is 39.8. The van der Waals surface area contributed by atoms with Gasteiger partial charge in [0, 0.05) is 61.6 Å². The Kier molecular flexibility index (Phi) is 11.1. The molecule has 288 valence electrons. The molecule has 0 aromatic heterocycles. The number of hydrogen-bond acceptors (Lipinski definition) is 12. The second-order valence-electron chi connectivity index (χ2n) is 14.8. The summed E-state index contributed by atoms with van der Waals surface area (Å²) >= 11 is 0. The van der Waals surface area contributed by atoms with Crippen LogP contribution in [0.15, 0.2) is 53.6 Å². The van der Waals surface area contributed by atoms with Gasteiger partial charge in [0.15, 0.2) is 11.5 Å². The summed E-state index contributed by atoms with van der Waals surface area (Å²) in [5.41, 5.74) is -0.603. The standard InChI is InChI=1S/C40H52N2O11/c1-11-41-17-25-30-36(48)28-27(35(25)47)29-37(23(7)34(28)46)53-40(9,38(29)49)52-16-15-26(51-10)20(4)32(44)22(6)33(45)21(5)31(43)18(2)13-12-14-19(3)39(50)42(30)24(41)8/h12-18,20-22,24,26,31-33,43-46,48H,11H2,1-10H3/b13-12?,16-15-,19-14+. The predicted octanol–water partition coefficient (Wildman–Crippen LogP) is 4.50. The lowest BCUT2D eigenvalue weighted by atomic mass is 9.78. The van der Waals surface area contributed by atoms with Gasteiger partial charge < -0.3 is 44.6 Å². The minimum absolute atomic E-state index is 0.0530. The number of allylic oxidation sites excluding steroid dienone is 3. The highest BCUT2D eigenvalue weighted by atomic mass is 16.7. The largest absolute Gasteiger partial charge is 0.507 e. The molecule has 53 heavy (non-hydrogen) atoms. The molecular weight excluding hydrogens is 684 g/mol. The van der Waals surface area contributed by atoms with E-state index in [1.54, 1.807) is 64.7 Å². The van der Waals surface area contributed by atoms with Crippen LogP contribution in [0.1, 0.15) is 87.2 Å². The first-order valence-electron chi connectivity index (χ1n) is 18.0. The molecule has 1 amide bonds. The number of nitrogens with zero attached hydrogens (tertiary/aromatic N) is 2. The second-order valence-corrected chi connectivity index (χ2v) is 14.8. The molecule has 0 fully saturated rings. The van der Waals surface area contributed by atoms with Crippen LogP contribution in [0.2, 0.25) is 0 Å². The summed E-state index contributed by atoms with van der Waals surface area (Å²) in [6, 6.07) is 0. The van der Waals surface area contributed by atoms with E-state index in [1.165, 1.54) is 44.4 Å². The van der Waals surface area contributed by atoms with Gasteiger partial charge >= 0.3 is 5.79 Å². The van der Waals surface area contributed by atoms with Crippen LogP contribution < -0.4 is 4.74 Å². The summed E-state index contributed by atoms with van der Waals surface area (Å²) in [6.45, 7) is 15.3. The molecule has 10 atom stereocenters. The summed E-state index contributed by atoms with van der Waals surface area (Å²) in [5.74, 6) is -7.53. The Morgan fingerprint density at radius 3 is 2.13 bits per heavy atom. The average Bonchev–Trinajstić information content (AvgIpc) is 3.40. The van der Waals surface area contributed by atoms with Crippen LogP contribution in [0.5, 0.6) is 11.5 Å². The predicted molar refractivity (Wildman–Crippen MR) is 195 cm³/mol. The molecular formula is C40H52N2O11. The van der Waals surface area contributed by atoms with E-state index in [-0.39, 0.29) is 44.8 Å². The molecule has 4 heterocycles. The molecule has 0 saturated carbocycles. The van der Waals surface area contributed by atoms with E-state index in [2.05, 4.69) is 0 Å². The maximum Gasteiger partial charge on any atom is 0.312 e. The number of carbonyl (C=O) groups is 3. The third kappa shape index (κ3) is 6.47. The van der Waals surface area contributed by atoms with Crippen LogP contribution >= 0.6 is 0 Å². The molecule has 1 aromatic rings. The SMILES string of the molecule is CCN1C=C2C(=O)c3c4c(O)c(C)c5c3C(=O)C(C)(O/C=C\C(OC)C(C)C(O)C(C)C(O)C(C)C(O)C(C)C=C/C=C(\C)C(=O)N(C2=C4O)C1C)O5. The summed E-state index contributed by atoms with van der Waals surface area (Å²) in [6.07, 6.45) is 4.48. The monoisotopic (exact) mass is 736 g/mol. The van der Waals surface area contributed by atoms with Crippen LogP contribution in [0.25, 0.3) is 5.76 Å². The first-order valence-corrected chi connectivity index (χ1v) is 18.0. The zero-order valence-corrected chi connectivity index (χ0v) is 31.9. The Bertz CT molecular complexity index is 1840. The maximum atomic E-state index is 14.5. The van der Waals surface area contributed by atoms with E-state index >= 15 is 0 Å². The van der Waals surface area contributed by atoms with Gasteiger partial charge in [-0.1, -0.05) is 45.9 Å². The molecule has 0 saturated heterocycles. The van der Waals surface area contributed by atoms with Gasteiger partial charge in [0.1, 0.15) is 23.4 Å². The van der Waals surface area contributed by atoms with Gasteiger partial charge in [-0.15, -0.1) is 0 Å². The van der Waals surface area contributed by atoms with Crippen LogP contribution in [0.3, 0.4) is 0 Å². The topological polar surface area (TPSA) is 187 Å². The molecule has 13 heteroatoms. The summed E-state index contributed by atoms with van der Waals surface area (Å²) in [4.78, 5) is 46.0. The molecule has 1 aromatic carbocycles. The number of amides is 1. The Balaban J connectivity index is 1.72. The quantitative estimate of drug-likeness (QED) is 0.287. The van der Waals surface area contributed by atoms with Crippen LogP contribution in [-0.4, -0.2) is 103 Å². The van der Waals surface area contributed by atoms with Crippen molar-refractivity contribution in [2.75, 3.05) is 13.7 Å². The van der Waals surface area contributed by atoms with Crippen molar-refractivity contribution in [1.82, 2.24) is 9.80 Å². The van der Waals surface area contributed by atoms with Crippen molar-refractivity contribution in [2.45, 2.75) is 98.7 Å². The summed E-state index contributed by atoms with van der Waals surface area (Å²) in [5, 5.41) is 57.2. The van der Waals surface area contributed by atoms with Crippen molar-refractivity contribution in [1.29, 1.82) is 0 Å². The van der Waals surface area contributed by atoms with Crippen molar-refractivity contribution in [3.63, 3.8) is 0 Å². The highest BCUT2D eigenvalue weighted by Crippen LogP contribution is 2.52. The number of benzene rings is 1. The maximum absolute atomic E-state index is 14.5. The normalized spacial score (nSPS) is 35.5. The van der Waals surface area contributed by atoms with Gasteiger partial charge in [0.2, 0.25) is 0 Å². The van der Waals surface area contributed by atoms with Gasteiger partial charge in [0.25, 0.3) is 11.7 Å². The molecule has 6 rings (SSSR count). The Labute approximate surface area is 310 Å². The van der Waals surface area contributed by atoms with Gasteiger partial charge in [-0.2, -0.15) is 0 Å². The molecule has 5 aliphatic rings. The van der Waals surface area contributed by atoms with E-state index in [0.29, 0.717) is 6.54 Å². The van der Waals surface area contributed by atoms with Crippen molar-refractivity contribution in [3.8, 4) is 11.5 Å². The number of fused-ring (bicyclic) bond motifs is 12. The van der Waals surface area contributed by atoms with Crippen LogP contribution in [-0.2, 0) is 14.3 Å². The molecule has 0 radical (unpaired) electrons. The van der Waals surface area contributed by atoms with E-state index < -0.39 is 89.0 Å². The Morgan fingerprint density at radius 2 is 1.51 bits per heavy atom. The highest BCUT2D eigenvalue weighted by molar-refractivity contribution is 6.26. The number of phenolic OH excluding ortho intramolecular Hbond substituents is 1. The summed E-state index contributed by atoms with van der Waals surface area (Å²) in [7, 11) is 1.44. The smallest absolute Gasteiger partial charge is 0.312 e. The molecule has 7 bridgehead atoms. The summed E-state index contributed by atoms with van der Waals surface area (Å²) < 4.78 is 17.6. The molecule has 1 aliphatic carbocycles. The fourth-order valence-electron chi connectivity index (χ4n) is 7.77. The molecule has 4 aliphatic heterocycles. The van der Waals surface area contributed by atoms with Crippen molar-refractivity contribution in [2.24, 2.45) is 23.7 Å². The third-order valence-electron chi connectivity index (χ3n) is 11.4. The number of ether oxygens (including phenoxy) is 3. The van der Waals surface area contributed by atoms with Gasteiger partial charge in [-0.25, -0.2) is 0 Å². The number of aliphatic hydroxyl groups excluding tert-OH is 4. The average molecular weight is 737 g/mol. The lowest BCUT2D eigenvalue weighted by Gasteiger charge is -2.44. The minimum Gasteiger partial charge on any atom is -0.507 e. The molecule has 13 nitrogen and oxygen atoms in total. The van der Waals surface area contributed by atoms with Gasteiger partial charge in [-0.3, -0.25) is 19.3 Å². The zero-order valence-electron chi connectivity index (χ0n) is 31.9. The van der Waals surface area contributed by atoms with Crippen molar-refractivity contribution >= 4 is 23.2 Å². The van der Waals surface area contributed by atoms with Gasteiger partial charge in [0.05, 0.1) is 52.9 Å². The van der Waals surface area contributed by atoms with E-state index in [1.807, 2.05) is 6.92 Å². The van der Waals surface area contributed by atoms with E-state index in [9.17, 15) is 39.9 Å². The Hall–Kier alpha value is -4.43. The number of Topliss-reactive ketones (excluding diaryl/α,β-unsaturated/α-hetero) is 2. The van der Waals surface area contributed by atoms with E-state index in [0.717, 1.165) is 0 Å². The van der Waals surface area contributed by atoms with Crippen molar-refractivity contribution in [3.05, 3.63) is 75.9 Å². The zero-order chi connectivity index (χ0) is 39.4. The minimum atomic E-state index is -2.01. The number of rotatable bonds is 2. The third-order valence-corrected chi connectivity index (χ3v) is 11.4. The number of aliphatic hydroxyl groups is 4. The molecule has 10 unspecified atom stereocenters. The first-order chi connectivity index (χ1) is 24.8. The molecule has 5 N–H and O–H groups in total. The number of aromatic hydroxyl groups is 1. The number of phenols is 1. The fourth-order valence-corrected chi connectivity index (χ4v) is 7.77. The van der Waals surface area contributed by atoms with E-state index in [4.69, 9.17) is 14.2 Å². The lowest BCUT2D eigenvalue weighted by molar-refractivity contribution is -0.129. The Morgan fingerprint density at radius 1 is 0.887 bits per heavy atom. The number of carbonyl (C=O) groups excluding carboxylic acids is 3. The lowest BCUT2D eigenvalue weighted by Crippen LogP contribution is -2.52. The fraction of sp³-hybridized carbons (Fsp3) is 0.525. The molecule has 0 spiro atoms. The number of hydrogen-bond donors (Lipinski definition) is 5.